The number of aliphatic hydroxyl groups is 3. The molecule has 4 saturated heterocycles. The molecule has 6 heteroatoms. The summed E-state index contributed by atoms with van der Waals surface area (Å²) in [4.78, 5) is 16.2. The number of aliphatic hydroxyl groups excluding tert-OH is 2. The largest absolute Gasteiger partial charge is 0.392 e. The van der Waals surface area contributed by atoms with Crippen molar-refractivity contribution in [3.05, 3.63) is 0 Å². The summed E-state index contributed by atoms with van der Waals surface area (Å²) >= 11 is 0. The normalized spacial score (nSPS) is 50.5. The third-order valence-electron chi connectivity index (χ3n) is 6.04. The molecule has 0 bridgehead atoms. The maximum Gasteiger partial charge on any atom is 0.251 e. The first-order valence-electron chi connectivity index (χ1n) is 8.13. The van der Waals surface area contributed by atoms with E-state index in [9.17, 15) is 20.1 Å². The average Bonchev–Trinajstić information content (AvgIpc) is 2.43. The SMILES string of the molecule is O=C1[C@@H](O)CC[C@@H]2[C@H]3C[C@H](O)CN4CCC[C@@](O)(CN12)[C@@H]34. The Balaban J connectivity index is 1.71. The van der Waals surface area contributed by atoms with Gasteiger partial charge in [0.05, 0.1) is 18.2 Å². The van der Waals surface area contributed by atoms with E-state index in [0.29, 0.717) is 32.4 Å². The topological polar surface area (TPSA) is 84.2 Å². The van der Waals surface area contributed by atoms with Crippen LogP contribution in [0.15, 0.2) is 0 Å². The van der Waals surface area contributed by atoms with E-state index in [1.165, 1.54) is 0 Å². The van der Waals surface area contributed by atoms with Gasteiger partial charge in [-0.25, -0.2) is 0 Å². The molecule has 4 heterocycles. The first kappa shape index (κ1) is 13.9. The van der Waals surface area contributed by atoms with Crippen LogP contribution in [0.4, 0.5) is 0 Å². The van der Waals surface area contributed by atoms with Crippen LogP contribution >= 0.6 is 0 Å². The van der Waals surface area contributed by atoms with E-state index in [4.69, 9.17) is 0 Å². The van der Waals surface area contributed by atoms with Crippen molar-refractivity contribution in [2.45, 2.75) is 62.0 Å². The van der Waals surface area contributed by atoms with Gasteiger partial charge in [-0.15, -0.1) is 0 Å². The van der Waals surface area contributed by atoms with Crippen molar-refractivity contribution in [2.24, 2.45) is 5.92 Å². The van der Waals surface area contributed by atoms with Crippen molar-refractivity contribution in [2.75, 3.05) is 19.6 Å². The van der Waals surface area contributed by atoms with Gasteiger partial charge in [0.2, 0.25) is 0 Å². The maximum atomic E-state index is 12.3. The van der Waals surface area contributed by atoms with Crippen molar-refractivity contribution in [1.29, 1.82) is 0 Å². The number of amides is 1. The highest BCUT2D eigenvalue weighted by atomic mass is 16.3. The van der Waals surface area contributed by atoms with Crippen LogP contribution in [0.2, 0.25) is 0 Å². The Kier molecular flexibility index (Phi) is 3.09. The van der Waals surface area contributed by atoms with E-state index in [2.05, 4.69) is 4.90 Å². The third kappa shape index (κ3) is 1.96. The lowest BCUT2D eigenvalue weighted by atomic mass is 9.65. The van der Waals surface area contributed by atoms with Gasteiger partial charge in [0, 0.05) is 24.5 Å². The quantitative estimate of drug-likeness (QED) is 0.530. The molecule has 0 aromatic carbocycles. The first-order valence-corrected chi connectivity index (χ1v) is 8.13. The fraction of sp³-hybridized carbons (Fsp3) is 0.933. The fourth-order valence-electron chi connectivity index (χ4n) is 5.32. The molecule has 6 nitrogen and oxygen atoms in total. The van der Waals surface area contributed by atoms with E-state index < -0.39 is 11.7 Å². The number of fused-ring (bicyclic) bond motifs is 2. The van der Waals surface area contributed by atoms with Gasteiger partial charge in [-0.05, 0) is 38.6 Å². The predicted molar refractivity (Wildman–Crippen MR) is 74.4 cm³/mol. The Labute approximate surface area is 124 Å². The van der Waals surface area contributed by atoms with Gasteiger partial charge in [0.15, 0.2) is 0 Å². The van der Waals surface area contributed by atoms with E-state index in [1.807, 2.05) is 0 Å². The van der Waals surface area contributed by atoms with E-state index >= 15 is 0 Å². The zero-order chi connectivity index (χ0) is 14.8. The second kappa shape index (κ2) is 4.65. The molecule has 4 fully saturated rings. The van der Waals surface area contributed by atoms with Crippen LogP contribution in [0, 0.1) is 5.92 Å². The van der Waals surface area contributed by atoms with Gasteiger partial charge in [-0.1, -0.05) is 0 Å². The molecule has 6 atom stereocenters. The number of rotatable bonds is 0. The molecule has 0 spiro atoms. The van der Waals surface area contributed by atoms with E-state index in [1.54, 1.807) is 4.90 Å². The van der Waals surface area contributed by atoms with Crippen LogP contribution in [0.5, 0.6) is 0 Å². The van der Waals surface area contributed by atoms with E-state index in [0.717, 1.165) is 19.4 Å². The van der Waals surface area contributed by atoms with Crippen LogP contribution in [0.1, 0.15) is 32.1 Å². The molecule has 0 unspecified atom stereocenters. The molecule has 3 N–H and O–H groups in total. The highest BCUT2D eigenvalue weighted by Crippen LogP contribution is 2.46. The summed E-state index contributed by atoms with van der Waals surface area (Å²) in [6, 6.07) is 0.112. The summed E-state index contributed by atoms with van der Waals surface area (Å²) in [6.45, 7) is 1.89. The molecule has 4 rings (SSSR count). The monoisotopic (exact) mass is 296 g/mol. The van der Waals surface area contributed by atoms with Gasteiger partial charge >= 0.3 is 0 Å². The van der Waals surface area contributed by atoms with E-state index in [-0.39, 0.29) is 30.0 Å². The molecular weight excluding hydrogens is 272 g/mol. The number of hydrogen-bond donors (Lipinski definition) is 3. The summed E-state index contributed by atoms with van der Waals surface area (Å²) in [7, 11) is 0. The Hall–Kier alpha value is -0.690. The number of piperidine rings is 4. The average molecular weight is 296 g/mol. The van der Waals surface area contributed by atoms with Crippen molar-refractivity contribution < 1.29 is 20.1 Å². The zero-order valence-electron chi connectivity index (χ0n) is 12.2. The summed E-state index contributed by atoms with van der Waals surface area (Å²) in [5.41, 5.74) is -0.883. The lowest BCUT2D eigenvalue weighted by molar-refractivity contribution is -0.206. The second-order valence-electron chi connectivity index (χ2n) is 7.33. The summed E-state index contributed by atoms with van der Waals surface area (Å²) in [5.74, 6) is -0.125. The highest BCUT2D eigenvalue weighted by Gasteiger charge is 2.59. The molecule has 0 radical (unpaired) electrons. The first-order chi connectivity index (χ1) is 9.99. The highest BCUT2D eigenvalue weighted by molar-refractivity contribution is 5.82. The van der Waals surface area contributed by atoms with Crippen LogP contribution in [-0.2, 0) is 4.79 Å². The van der Waals surface area contributed by atoms with Crippen molar-refractivity contribution in [3.8, 4) is 0 Å². The molecule has 0 aliphatic carbocycles. The molecule has 4 aliphatic rings. The molecule has 0 aromatic heterocycles. The van der Waals surface area contributed by atoms with Crippen molar-refractivity contribution in [3.63, 3.8) is 0 Å². The maximum absolute atomic E-state index is 12.3. The molecule has 4 aliphatic heterocycles. The lowest BCUT2D eigenvalue weighted by Gasteiger charge is -2.62. The van der Waals surface area contributed by atoms with Gasteiger partial charge in [0.1, 0.15) is 6.10 Å². The lowest BCUT2D eigenvalue weighted by Crippen LogP contribution is -2.76. The number of carbonyl (C=O) groups is 1. The second-order valence-corrected chi connectivity index (χ2v) is 7.33. The molecule has 21 heavy (non-hydrogen) atoms. The number of carbonyl (C=O) groups excluding carboxylic acids is 1. The fourth-order valence-corrected chi connectivity index (χ4v) is 5.32. The van der Waals surface area contributed by atoms with Crippen molar-refractivity contribution in [1.82, 2.24) is 9.80 Å². The summed E-state index contributed by atoms with van der Waals surface area (Å²) in [5, 5.41) is 31.1. The third-order valence-corrected chi connectivity index (χ3v) is 6.04. The van der Waals surface area contributed by atoms with Crippen LogP contribution in [0.25, 0.3) is 0 Å². The van der Waals surface area contributed by atoms with Gasteiger partial charge in [-0.2, -0.15) is 0 Å². The Morgan fingerprint density at radius 1 is 1.24 bits per heavy atom. The van der Waals surface area contributed by atoms with Crippen molar-refractivity contribution >= 4 is 5.91 Å². The summed E-state index contributed by atoms with van der Waals surface area (Å²) in [6.07, 6.45) is 2.20. The Bertz CT molecular complexity index is 459. The van der Waals surface area contributed by atoms with Gasteiger partial charge < -0.3 is 20.2 Å². The van der Waals surface area contributed by atoms with Crippen LogP contribution in [-0.4, -0.2) is 80.6 Å². The minimum absolute atomic E-state index is 0.0546. The number of hydrogen-bond acceptors (Lipinski definition) is 5. The van der Waals surface area contributed by atoms with Gasteiger partial charge in [-0.3, -0.25) is 9.69 Å². The van der Waals surface area contributed by atoms with Gasteiger partial charge in [0.25, 0.3) is 5.91 Å². The summed E-state index contributed by atoms with van der Waals surface area (Å²) < 4.78 is 0. The smallest absolute Gasteiger partial charge is 0.251 e. The molecule has 1 amide bonds. The standard InChI is InChI=1S/C15H24N2O4/c18-9-6-10-11-2-3-12(19)14(20)17(11)8-15(21)4-1-5-16(7-9)13(10)15/h9-13,18-19,21H,1-8H2/t9-,10+,11+,12-,13+,15+/m0/s1. The minimum Gasteiger partial charge on any atom is -0.392 e. The Morgan fingerprint density at radius 3 is 2.86 bits per heavy atom. The van der Waals surface area contributed by atoms with Crippen LogP contribution < -0.4 is 0 Å². The molecule has 118 valence electrons. The molecule has 0 aromatic rings. The molecule has 0 saturated carbocycles. The predicted octanol–water partition coefficient (Wildman–Crippen LogP) is -1.07. The van der Waals surface area contributed by atoms with Crippen LogP contribution in [0.3, 0.4) is 0 Å². The molecular formula is C15H24N2O4. The Morgan fingerprint density at radius 2 is 2.05 bits per heavy atom. The zero-order valence-corrected chi connectivity index (χ0v) is 12.2. The minimum atomic E-state index is -0.922. The number of nitrogens with zero attached hydrogens (tertiary/aromatic N) is 2.